The third-order valence-corrected chi connectivity index (χ3v) is 16.6. The van der Waals surface area contributed by atoms with E-state index >= 15 is 0 Å². The molecule has 306 valence electrons. The first-order chi connectivity index (χ1) is 31.5. The maximum Gasteiger partial charge on any atom is 0.231 e. The van der Waals surface area contributed by atoms with E-state index in [0.717, 1.165) is 47.4 Å². The first-order valence-corrected chi connectivity index (χ1v) is 23.9. The number of fused-ring (bicyclic) bond motifs is 11. The molecule has 64 heavy (non-hydrogen) atoms. The van der Waals surface area contributed by atoms with Crippen molar-refractivity contribution >= 4 is 75.5 Å². The minimum Gasteiger partial charge on any atom is -0.307 e. The zero-order valence-electron chi connectivity index (χ0n) is 35.9. The number of hydrogen-bond donors (Lipinski definition) is 0. The summed E-state index contributed by atoms with van der Waals surface area (Å²) in [5.41, 5.74) is 14.0. The Bertz CT molecular complexity index is 3670. The van der Waals surface area contributed by atoms with E-state index < -0.39 is 0 Å². The van der Waals surface area contributed by atoms with E-state index in [4.69, 9.17) is 9.97 Å². The normalized spacial score (nSPS) is 23.2. The Labute approximate surface area is 377 Å². The van der Waals surface area contributed by atoms with Crippen molar-refractivity contribution in [3.8, 4) is 22.4 Å². The van der Waals surface area contributed by atoms with E-state index in [1.165, 1.54) is 86.4 Å². The van der Waals surface area contributed by atoms with Gasteiger partial charge in [-0.15, -0.1) is 11.3 Å². The Kier molecular flexibility index (Phi) is 7.75. The van der Waals surface area contributed by atoms with Gasteiger partial charge in [0.15, 0.2) is 0 Å². The van der Waals surface area contributed by atoms with E-state index in [2.05, 4.69) is 195 Å². The molecular weight excluding hydrogens is 795 g/mol. The van der Waals surface area contributed by atoms with Crippen LogP contribution in [-0.4, -0.2) is 16.0 Å². The zero-order valence-corrected chi connectivity index (χ0v) is 36.7. The molecule has 0 fully saturated rings. The van der Waals surface area contributed by atoms with Gasteiger partial charge in [0.05, 0.1) is 11.2 Å². The third-order valence-electron chi connectivity index (χ3n) is 15.4. The van der Waals surface area contributed by atoms with Crippen LogP contribution >= 0.6 is 11.3 Å². The Morgan fingerprint density at radius 3 is 2.48 bits per heavy atom. The van der Waals surface area contributed by atoms with E-state index in [9.17, 15) is 0 Å². The summed E-state index contributed by atoms with van der Waals surface area (Å²) >= 11 is 1.91. The molecular formula is C60H45N3S. The number of allylic oxidation sites excluding steroid dienone is 7. The SMILES string of the molecule is CC1C=CC2=C(C1)C1C=C(c3ccc4sc5ccc6ccccc6c5c4c3)CCC1N2c1nc(-c2cccc(-c3ccc4c5c(cccc35)C3C=CC=CC43C)c2)c2ccccc2n1. The fourth-order valence-corrected chi connectivity index (χ4v) is 13.5. The van der Waals surface area contributed by atoms with Crippen molar-refractivity contribution in [2.75, 3.05) is 4.90 Å². The highest BCUT2D eigenvalue weighted by atomic mass is 32.1. The predicted molar refractivity (Wildman–Crippen MR) is 270 cm³/mol. The molecule has 4 heteroatoms. The molecule has 1 aliphatic heterocycles. The number of nitrogens with zero attached hydrogens (tertiary/aromatic N) is 3. The van der Waals surface area contributed by atoms with Gasteiger partial charge in [-0.2, -0.15) is 0 Å². The topological polar surface area (TPSA) is 29.0 Å². The molecule has 7 aromatic carbocycles. The highest BCUT2D eigenvalue weighted by Gasteiger charge is 2.44. The number of para-hydroxylation sites is 1. The standard InChI is InChI=1S/C60H45N3S/c1-35-20-26-52-46(31-35)47-33-37(38-23-28-54-48(34-38)57-42-14-4-3-11-36(42)22-29-55(57)64-54)21-27-53(47)63(52)59-61-51-19-6-5-15-45(51)58(62-59)40-13-9-12-39(32-40)41-24-25-50-56-43(41)16-10-17-44(56)49-18-7-8-30-60(49,50)2/h3-20,22-26,28-30,32-35,47,49,53H,21,27,31H2,1-2H3. The maximum atomic E-state index is 5.62. The number of rotatable bonds is 4. The summed E-state index contributed by atoms with van der Waals surface area (Å²) in [6, 6.07) is 50.2. The third kappa shape index (κ3) is 5.20. The van der Waals surface area contributed by atoms with Gasteiger partial charge in [-0.1, -0.05) is 153 Å². The predicted octanol–water partition coefficient (Wildman–Crippen LogP) is 15.7. The molecule has 0 saturated heterocycles. The average molecular weight is 840 g/mol. The van der Waals surface area contributed by atoms with Crippen LogP contribution in [0.25, 0.3) is 80.6 Å². The van der Waals surface area contributed by atoms with Gasteiger partial charge in [-0.3, -0.25) is 0 Å². The van der Waals surface area contributed by atoms with E-state index in [0.29, 0.717) is 17.8 Å². The van der Waals surface area contributed by atoms with Gasteiger partial charge in [0.2, 0.25) is 5.95 Å². The van der Waals surface area contributed by atoms with Gasteiger partial charge < -0.3 is 4.90 Å². The van der Waals surface area contributed by atoms with E-state index in [1.807, 2.05) is 11.3 Å². The molecule has 0 saturated carbocycles. The molecule has 14 rings (SSSR count). The number of aromatic nitrogens is 2. The lowest BCUT2D eigenvalue weighted by Gasteiger charge is -2.33. The molecule has 0 bridgehead atoms. The summed E-state index contributed by atoms with van der Waals surface area (Å²) in [6.07, 6.45) is 19.7. The second kappa shape index (κ2) is 13.6. The fraction of sp³-hybridized carbons (Fsp3) is 0.167. The molecule has 0 radical (unpaired) electrons. The first kappa shape index (κ1) is 36.6. The van der Waals surface area contributed by atoms with E-state index in [1.54, 1.807) is 0 Å². The van der Waals surface area contributed by atoms with Crippen LogP contribution in [-0.2, 0) is 5.41 Å². The Morgan fingerprint density at radius 2 is 1.53 bits per heavy atom. The lowest BCUT2D eigenvalue weighted by Crippen LogP contribution is -2.36. The Balaban J connectivity index is 0.873. The summed E-state index contributed by atoms with van der Waals surface area (Å²) in [7, 11) is 0. The van der Waals surface area contributed by atoms with Crippen molar-refractivity contribution in [3.63, 3.8) is 0 Å². The number of benzene rings is 7. The molecule has 5 unspecified atom stereocenters. The summed E-state index contributed by atoms with van der Waals surface area (Å²) in [4.78, 5) is 13.5. The van der Waals surface area contributed by atoms with Gasteiger partial charge in [0, 0.05) is 60.1 Å². The fourth-order valence-electron chi connectivity index (χ4n) is 12.4. The minimum atomic E-state index is -0.0259. The van der Waals surface area contributed by atoms with Crippen molar-refractivity contribution in [2.45, 2.75) is 50.5 Å². The van der Waals surface area contributed by atoms with Crippen LogP contribution in [0.15, 0.2) is 187 Å². The van der Waals surface area contributed by atoms with Crippen LogP contribution in [0.5, 0.6) is 0 Å². The zero-order chi connectivity index (χ0) is 42.3. The van der Waals surface area contributed by atoms with Crippen LogP contribution in [0.3, 0.4) is 0 Å². The Hall–Kier alpha value is -6.88. The minimum absolute atomic E-state index is 0.0259. The van der Waals surface area contributed by atoms with E-state index in [-0.39, 0.29) is 11.5 Å². The highest BCUT2D eigenvalue weighted by molar-refractivity contribution is 7.26. The van der Waals surface area contributed by atoms with Gasteiger partial charge in [-0.25, -0.2) is 9.97 Å². The molecule has 0 spiro atoms. The van der Waals surface area contributed by atoms with Gasteiger partial charge in [-0.05, 0) is 122 Å². The molecule has 2 aromatic heterocycles. The number of hydrogen-bond acceptors (Lipinski definition) is 4. The van der Waals surface area contributed by atoms with Crippen molar-refractivity contribution in [1.29, 1.82) is 0 Å². The highest BCUT2D eigenvalue weighted by Crippen LogP contribution is 2.55. The van der Waals surface area contributed by atoms with Crippen LogP contribution in [0, 0.1) is 11.8 Å². The quantitative estimate of drug-likeness (QED) is 0.177. The monoisotopic (exact) mass is 839 g/mol. The van der Waals surface area contributed by atoms with Crippen LogP contribution in [0.1, 0.15) is 55.7 Å². The van der Waals surface area contributed by atoms with Gasteiger partial charge in [0.1, 0.15) is 0 Å². The molecule has 0 amide bonds. The van der Waals surface area contributed by atoms with Gasteiger partial charge in [0.25, 0.3) is 0 Å². The lowest BCUT2D eigenvalue weighted by atomic mass is 9.72. The smallest absolute Gasteiger partial charge is 0.231 e. The number of thiophene rings is 1. The molecule has 5 atom stereocenters. The Morgan fingerprint density at radius 1 is 0.688 bits per heavy atom. The summed E-state index contributed by atoms with van der Waals surface area (Å²) in [6.45, 7) is 4.75. The molecule has 5 aliphatic rings. The molecule has 3 heterocycles. The number of anilines is 1. The van der Waals surface area contributed by atoms with Crippen molar-refractivity contribution < 1.29 is 0 Å². The maximum absolute atomic E-state index is 5.62. The molecule has 4 aliphatic carbocycles. The van der Waals surface area contributed by atoms with Gasteiger partial charge >= 0.3 is 0 Å². The van der Waals surface area contributed by atoms with Crippen LogP contribution in [0.4, 0.5) is 5.95 Å². The summed E-state index contributed by atoms with van der Waals surface area (Å²) < 4.78 is 2.72. The second-order valence-electron chi connectivity index (χ2n) is 19.0. The van der Waals surface area contributed by atoms with Crippen LogP contribution in [0.2, 0.25) is 0 Å². The largest absolute Gasteiger partial charge is 0.307 e. The average Bonchev–Trinajstić information content (AvgIpc) is 3.97. The lowest BCUT2D eigenvalue weighted by molar-refractivity contribution is 0.509. The van der Waals surface area contributed by atoms with Crippen molar-refractivity contribution in [1.82, 2.24) is 9.97 Å². The summed E-state index contributed by atoms with van der Waals surface area (Å²) in [5, 5.41) is 9.21. The van der Waals surface area contributed by atoms with Crippen LogP contribution < -0.4 is 4.90 Å². The molecule has 9 aromatic rings. The second-order valence-corrected chi connectivity index (χ2v) is 20.1. The summed E-state index contributed by atoms with van der Waals surface area (Å²) in [5.74, 6) is 1.94. The first-order valence-electron chi connectivity index (χ1n) is 23.0. The molecule has 3 nitrogen and oxygen atoms in total. The van der Waals surface area contributed by atoms with Crippen molar-refractivity contribution in [2.24, 2.45) is 11.8 Å². The van der Waals surface area contributed by atoms with Crippen molar-refractivity contribution in [3.05, 3.63) is 204 Å². The molecule has 0 N–H and O–H groups in total.